The number of hydrogen-bond donors (Lipinski definition) is 1. The topological polar surface area (TPSA) is 80.3 Å². The zero-order valence-corrected chi connectivity index (χ0v) is 12.8. The van der Waals surface area contributed by atoms with Crippen LogP contribution in [0.3, 0.4) is 0 Å². The molecule has 10 heteroatoms. The monoisotopic (exact) mass is 345 g/mol. The largest absolute Gasteiger partial charge is 0.416 e. The molecule has 0 aliphatic heterocycles. The maximum Gasteiger partial charge on any atom is 0.416 e. The molecule has 5 nitrogen and oxygen atoms in total. The molecule has 1 aromatic carbocycles. The van der Waals surface area contributed by atoms with Crippen LogP contribution in [0.2, 0.25) is 0 Å². The molecule has 0 aliphatic carbocycles. The van der Waals surface area contributed by atoms with E-state index in [9.17, 15) is 30.0 Å². The molecule has 0 aromatic heterocycles. The highest BCUT2D eigenvalue weighted by Gasteiger charge is 2.32. The van der Waals surface area contributed by atoms with Gasteiger partial charge in [0.15, 0.2) is 0 Å². The van der Waals surface area contributed by atoms with E-state index in [1.54, 1.807) is 0 Å². The van der Waals surface area contributed by atoms with Crippen LogP contribution < -0.4 is 4.72 Å². The van der Waals surface area contributed by atoms with Crippen molar-refractivity contribution in [2.75, 3.05) is 12.0 Å². The summed E-state index contributed by atoms with van der Waals surface area (Å²) in [7, 11) is -7.65. The van der Waals surface area contributed by atoms with Crippen molar-refractivity contribution in [3.63, 3.8) is 0 Å². The smallest absolute Gasteiger partial charge is 0.229 e. The van der Waals surface area contributed by atoms with Crippen LogP contribution >= 0.6 is 0 Å². The predicted molar refractivity (Wildman–Crippen MR) is 70.9 cm³/mol. The maximum absolute atomic E-state index is 12.5. The minimum Gasteiger partial charge on any atom is -0.229 e. The summed E-state index contributed by atoms with van der Waals surface area (Å²) in [5.74, 6) is -0.453. The number of sulfonamides is 1. The first-order chi connectivity index (χ1) is 9.31. The van der Waals surface area contributed by atoms with E-state index in [0.717, 1.165) is 24.5 Å². The molecular weight excluding hydrogens is 331 g/mol. The minimum absolute atomic E-state index is 0.453. The lowest BCUT2D eigenvalue weighted by atomic mass is 10.2. The summed E-state index contributed by atoms with van der Waals surface area (Å²) in [6.45, 7) is 1.31. The standard InChI is InChI=1S/C11H14F3NO4S2/c1-8(7-20(2,16)17)15-21(18,19)10-5-3-4-9(6-10)11(12,13)14/h3-6,8,15H,7H2,1-2H3/t8-/m0/s1. The van der Waals surface area contributed by atoms with Gasteiger partial charge in [0.25, 0.3) is 0 Å². The van der Waals surface area contributed by atoms with E-state index in [0.29, 0.717) is 6.07 Å². The Morgan fingerprint density at radius 2 is 1.76 bits per heavy atom. The molecule has 0 amide bonds. The van der Waals surface area contributed by atoms with Crippen LogP contribution in [0.15, 0.2) is 29.2 Å². The first-order valence-electron chi connectivity index (χ1n) is 5.68. The Morgan fingerprint density at radius 1 is 1.19 bits per heavy atom. The van der Waals surface area contributed by atoms with Crippen LogP contribution in [0.5, 0.6) is 0 Å². The van der Waals surface area contributed by atoms with E-state index < -0.39 is 48.3 Å². The third-order valence-corrected chi connectivity index (χ3v) is 5.07. The lowest BCUT2D eigenvalue weighted by Gasteiger charge is -2.14. The first kappa shape index (κ1) is 17.9. The fraction of sp³-hybridized carbons (Fsp3) is 0.455. The van der Waals surface area contributed by atoms with E-state index >= 15 is 0 Å². The van der Waals surface area contributed by atoms with Crippen LogP contribution in [-0.4, -0.2) is 34.9 Å². The van der Waals surface area contributed by atoms with Crippen molar-refractivity contribution >= 4 is 19.9 Å². The van der Waals surface area contributed by atoms with Crippen molar-refractivity contribution in [3.05, 3.63) is 29.8 Å². The second kappa shape index (κ2) is 5.93. The molecule has 1 atom stereocenters. The third kappa shape index (κ3) is 5.64. The van der Waals surface area contributed by atoms with Crippen molar-refractivity contribution in [2.45, 2.75) is 24.0 Å². The van der Waals surface area contributed by atoms with Crippen LogP contribution in [0, 0.1) is 0 Å². The molecule has 0 spiro atoms. The average Bonchev–Trinajstić information content (AvgIpc) is 2.24. The summed E-state index contributed by atoms with van der Waals surface area (Å²) in [6, 6.07) is 2.26. The van der Waals surface area contributed by atoms with Crippen LogP contribution in [0.1, 0.15) is 12.5 Å². The van der Waals surface area contributed by atoms with Gasteiger partial charge in [-0.1, -0.05) is 6.07 Å². The van der Waals surface area contributed by atoms with Crippen LogP contribution in [0.4, 0.5) is 13.2 Å². The van der Waals surface area contributed by atoms with Gasteiger partial charge >= 0.3 is 6.18 Å². The van der Waals surface area contributed by atoms with Crippen molar-refractivity contribution in [3.8, 4) is 0 Å². The number of nitrogens with one attached hydrogen (secondary N) is 1. The normalized spacial score (nSPS) is 14.9. The highest BCUT2D eigenvalue weighted by Crippen LogP contribution is 2.30. The van der Waals surface area contributed by atoms with Gasteiger partial charge in [0.1, 0.15) is 9.84 Å². The Balaban J connectivity index is 3.04. The number of rotatable bonds is 5. The molecule has 0 fully saturated rings. The first-order valence-corrected chi connectivity index (χ1v) is 9.23. The van der Waals surface area contributed by atoms with E-state index in [-0.39, 0.29) is 0 Å². The molecular formula is C11H14F3NO4S2. The van der Waals surface area contributed by atoms with Gasteiger partial charge in [0.2, 0.25) is 10.0 Å². The Labute approximate surface area is 121 Å². The Morgan fingerprint density at radius 3 is 2.24 bits per heavy atom. The van der Waals surface area contributed by atoms with Crippen LogP contribution in [0.25, 0.3) is 0 Å². The van der Waals surface area contributed by atoms with Gasteiger partial charge in [0, 0.05) is 12.3 Å². The molecule has 0 saturated heterocycles. The molecule has 0 unspecified atom stereocenters. The van der Waals surface area contributed by atoms with Gasteiger partial charge in [-0.25, -0.2) is 21.6 Å². The van der Waals surface area contributed by atoms with Gasteiger partial charge < -0.3 is 0 Å². The number of alkyl halides is 3. The molecule has 1 N–H and O–H groups in total. The molecule has 1 rings (SSSR count). The summed E-state index contributed by atoms with van der Waals surface area (Å²) in [5, 5.41) is 0. The second-order valence-corrected chi connectivity index (χ2v) is 8.54. The fourth-order valence-electron chi connectivity index (χ4n) is 1.66. The quantitative estimate of drug-likeness (QED) is 0.875. The maximum atomic E-state index is 12.5. The second-order valence-electron chi connectivity index (χ2n) is 4.64. The van der Waals surface area contributed by atoms with Crippen molar-refractivity contribution < 1.29 is 30.0 Å². The van der Waals surface area contributed by atoms with Gasteiger partial charge in [-0.3, -0.25) is 0 Å². The van der Waals surface area contributed by atoms with E-state index in [1.165, 1.54) is 6.92 Å². The van der Waals surface area contributed by atoms with Crippen molar-refractivity contribution in [1.29, 1.82) is 0 Å². The molecule has 0 radical (unpaired) electrons. The van der Waals surface area contributed by atoms with E-state index in [4.69, 9.17) is 0 Å². The summed E-state index contributed by atoms with van der Waals surface area (Å²) in [6.07, 6.45) is -3.73. The number of halogens is 3. The zero-order valence-electron chi connectivity index (χ0n) is 11.2. The molecule has 0 aliphatic rings. The number of hydrogen-bond acceptors (Lipinski definition) is 4. The summed E-state index contributed by atoms with van der Waals surface area (Å²) in [4.78, 5) is -0.572. The summed E-state index contributed by atoms with van der Waals surface area (Å²) < 4.78 is 85.7. The highest BCUT2D eigenvalue weighted by atomic mass is 32.2. The van der Waals surface area contributed by atoms with Crippen molar-refractivity contribution in [1.82, 2.24) is 4.72 Å². The van der Waals surface area contributed by atoms with E-state index in [2.05, 4.69) is 0 Å². The van der Waals surface area contributed by atoms with Gasteiger partial charge in [0.05, 0.1) is 16.2 Å². The Bertz CT molecular complexity index is 711. The highest BCUT2D eigenvalue weighted by molar-refractivity contribution is 7.91. The van der Waals surface area contributed by atoms with Gasteiger partial charge in [-0.15, -0.1) is 0 Å². The zero-order chi connectivity index (χ0) is 16.5. The SMILES string of the molecule is C[C@@H](CS(C)(=O)=O)NS(=O)(=O)c1cccc(C(F)(F)F)c1. The molecule has 0 bridgehead atoms. The van der Waals surface area contributed by atoms with Crippen LogP contribution in [-0.2, 0) is 26.0 Å². The van der Waals surface area contributed by atoms with E-state index in [1.807, 2.05) is 4.72 Å². The Hall–Kier alpha value is -1.13. The molecule has 0 heterocycles. The van der Waals surface area contributed by atoms with Gasteiger partial charge in [-0.2, -0.15) is 13.2 Å². The fourth-order valence-corrected chi connectivity index (χ4v) is 4.05. The predicted octanol–water partition coefficient (Wildman–Crippen LogP) is 1.42. The molecule has 1 aromatic rings. The minimum atomic E-state index is -4.66. The molecule has 120 valence electrons. The average molecular weight is 345 g/mol. The molecule has 0 saturated carbocycles. The Kier molecular flexibility index (Phi) is 5.06. The lowest BCUT2D eigenvalue weighted by Crippen LogP contribution is -2.37. The summed E-state index contributed by atoms with van der Waals surface area (Å²) >= 11 is 0. The number of benzene rings is 1. The molecule has 21 heavy (non-hydrogen) atoms. The number of sulfone groups is 1. The van der Waals surface area contributed by atoms with Gasteiger partial charge in [-0.05, 0) is 25.1 Å². The van der Waals surface area contributed by atoms with Crippen molar-refractivity contribution in [2.24, 2.45) is 0 Å². The lowest BCUT2D eigenvalue weighted by molar-refractivity contribution is -0.137. The third-order valence-electron chi connectivity index (χ3n) is 2.38. The summed E-state index contributed by atoms with van der Waals surface area (Å²) in [5.41, 5.74) is -1.10.